The summed E-state index contributed by atoms with van der Waals surface area (Å²) in [5.74, 6) is -0.640. The number of benzene rings is 1. The molecule has 2 atom stereocenters. The van der Waals surface area contributed by atoms with E-state index in [0.717, 1.165) is 10.1 Å². The summed E-state index contributed by atoms with van der Waals surface area (Å²) in [4.78, 5) is 44.5. The van der Waals surface area contributed by atoms with Gasteiger partial charge in [-0.25, -0.2) is 4.79 Å². The average Bonchev–Trinajstić information content (AvgIpc) is 3.33. The van der Waals surface area contributed by atoms with Crippen molar-refractivity contribution in [2.75, 3.05) is 39.3 Å². The minimum atomic E-state index is -2.17. The minimum absolute atomic E-state index is 0.0240. The van der Waals surface area contributed by atoms with Gasteiger partial charge >= 0.3 is 6.09 Å². The van der Waals surface area contributed by atoms with Crippen LogP contribution in [-0.2, 0) is 9.22 Å². The van der Waals surface area contributed by atoms with E-state index in [1.165, 1.54) is 11.3 Å². The van der Waals surface area contributed by atoms with E-state index in [2.05, 4.69) is 44.1 Å². The molecule has 0 saturated carbocycles. The Morgan fingerprint density at radius 3 is 2.14 bits per heavy atom. The molecule has 0 radical (unpaired) electrons. The van der Waals surface area contributed by atoms with Crippen molar-refractivity contribution in [3.8, 4) is 0 Å². The summed E-state index contributed by atoms with van der Waals surface area (Å²) in [6, 6.07) is 9.62. The Balaban J connectivity index is 1.81. The van der Waals surface area contributed by atoms with E-state index < -0.39 is 30.9 Å². The third-order valence-electron chi connectivity index (χ3n) is 9.59. The van der Waals surface area contributed by atoms with Gasteiger partial charge in [-0.3, -0.25) is 14.5 Å². The number of fused-ring (bicyclic) bond motifs is 1. The Morgan fingerprint density at radius 2 is 1.64 bits per heavy atom. The fourth-order valence-corrected chi connectivity index (χ4v) is 7.62. The van der Waals surface area contributed by atoms with E-state index >= 15 is 0 Å². The highest BCUT2D eigenvalue weighted by atomic mass is 32.1. The second-order valence-electron chi connectivity index (χ2n) is 15.4. The van der Waals surface area contributed by atoms with Gasteiger partial charge in [0.1, 0.15) is 0 Å². The number of nitrogens with two attached hydrogens (primary N) is 1. The number of carbonyl (C=O) groups excluding carboxylic acids is 2. The standard InChI is InChI=1S/C33H54N4O5SSi/c1-23(2)20-33(34,27(38)26-19-24-13-11-12-14-25(24)43-26)28(39)37-17-15-36(16-18-37)21-32(30(3,4)5,35-29(40)41)22-42-44(9,10)31(6,7)8/h11-14,19,23,35H,15-18,20-22,34H2,1-10H3,(H,40,41)/t32-,33-/m1/s1. The number of Topliss-reactive ketones (excluding diaryl/α,β-unsaturated/α-hetero) is 1. The topological polar surface area (TPSA) is 125 Å². The van der Waals surface area contributed by atoms with Crippen molar-refractivity contribution >= 4 is 47.5 Å². The van der Waals surface area contributed by atoms with Crippen molar-refractivity contribution in [3.05, 3.63) is 35.2 Å². The third-order valence-corrected chi connectivity index (χ3v) is 15.2. The first-order chi connectivity index (χ1) is 20.1. The highest BCUT2D eigenvalue weighted by Gasteiger charge is 2.50. The third kappa shape index (κ3) is 7.90. The van der Waals surface area contributed by atoms with Gasteiger partial charge in [-0.2, -0.15) is 0 Å². The fraction of sp³-hybridized carbons (Fsp3) is 0.667. The van der Waals surface area contributed by atoms with Crippen molar-refractivity contribution < 1.29 is 23.9 Å². The number of amides is 2. The van der Waals surface area contributed by atoms with Crippen LogP contribution in [0.25, 0.3) is 10.1 Å². The van der Waals surface area contributed by atoms with Gasteiger partial charge in [0.2, 0.25) is 5.78 Å². The van der Waals surface area contributed by atoms with E-state index in [4.69, 9.17) is 10.2 Å². The first-order valence-electron chi connectivity index (χ1n) is 15.6. The van der Waals surface area contributed by atoms with Gasteiger partial charge in [0.25, 0.3) is 5.91 Å². The van der Waals surface area contributed by atoms with E-state index in [1.807, 2.05) is 65.0 Å². The zero-order valence-electron chi connectivity index (χ0n) is 28.4. The minimum Gasteiger partial charge on any atom is -0.465 e. The van der Waals surface area contributed by atoms with E-state index in [-0.39, 0.29) is 35.7 Å². The molecule has 9 nitrogen and oxygen atoms in total. The number of carbonyl (C=O) groups is 3. The molecule has 0 aliphatic carbocycles. The Bertz CT molecular complexity index is 1310. The summed E-state index contributed by atoms with van der Waals surface area (Å²) in [6.07, 6.45) is -0.839. The van der Waals surface area contributed by atoms with Crippen LogP contribution < -0.4 is 11.1 Å². The van der Waals surface area contributed by atoms with Crippen LogP contribution >= 0.6 is 11.3 Å². The number of thiophene rings is 1. The van der Waals surface area contributed by atoms with Crippen molar-refractivity contribution in [1.29, 1.82) is 0 Å². The second-order valence-corrected chi connectivity index (χ2v) is 21.3. The van der Waals surface area contributed by atoms with Crippen LogP contribution in [0.15, 0.2) is 30.3 Å². The molecule has 1 saturated heterocycles. The Kier molecular flexibility index (Phi) is 10.8. The number of hydrogen-bond donors (Lipinski definition) is 3. The number of piperazine rings is 1. The summed E-state index contributed by atoms with van der Waals surface area (Å²) in [6.45, 7) is 23.4. The van der Waals surface area contributed by atoms with E-state index in [1.54, 1.807) is 4.90 Å². The lowest BCUT2D eigenvalue weighted by atomic mass is 9.73. The molecule has 246 valence electrons. The molecule has 1 fully saturated rings. The molecule has 1 aromatic carbocycles. The molecule has 1 aromatic heterocycles. The molecule has 4 N–H and O–H groups in total. The van der Waals surface area contributed by atoms with Crippen LogP contribution in [0.1, 0.15) is 71.5 Å². The maximum absolute atomic E-state index is 14.0. The number of hydrogen-bond acceptors (Lipinski definition) is 7. The molecule has 1 aliphatic rings. The number of nitrogens with zero attached hydrogens (tertiary/aromatic N) is 2. The molecule has 44 heavy (non-hydrogen) atoms. The van der Waals surface area contributed by atoms with Gasteiger partial charge in [0.05, 0.1) is 17.0 Å². The smallest absolute Gasteiger partial charge is 0.405 e. The zero-order chi connectivity index (χ0) is 33.3. The van der Waals surface area contributed by atoms with Crippen LogP contribution in [0, 0.1) is 11.3 Å². The molecule has 1 aliphatic heterocycles. The molecule has 2 amide bonds. The maximum atomic E-state index is 14.0. The number of rotatable bonds is 11. The highest BCUT2D eigenvalue weighted by molar-refractivity contribution is 7.21. The summed E-state index contributed by atoms with van der Waals surface area (Å²) >= 11 is 1.37. The molecular formula is C33H54N4O5SSi. The normalized spacial score (nSPS) is 18.2. The monoisotopic (exact) mass is 646 g/mol. The van der Waals surface area contributed by atoms with Gasteiger partial charge in [-0.15, -0.1) is 11.3 Å². The summed E-state index contributed by atoms with van der Waals surface area (Å²) in [5.41, 5.74) is 3.80. The maximum Gasteiger partial charge on any atom is 0.405 e. The summed E-state index contributed by atoms with van der Waals surface area (Å²) < 4.78 is 7.61. The molecular weight excluding hydrogens is 593 g/mol. The van der Waals surface area contributed by atoms with Crippen molar-refractivity contribution in [1.82, 2.24) is 15.1 Å². The molecule has 11 heteroatoms. The van der Waals surface area contributed by atoms with E-state index in [0.29, 0.717) is 37.6 Å². The van der Waals surface area contributed by atoms with Gasteiger partial charge < -0.3 is 25.5 Å². The van der Waals surface area contributed by atoms with Gasteiger partial charge in [-0.1, -0.05) is 73.6 Å². The average molecular weight is 647 g/mol. The lowest BCUT2D eigenvalue weighted by Gasteiger charge is -2.50. The van der Waals surface area contributed by atoms with Crippen molar-refractivity contribution in [2.45, 2.75) is 91.0 Å². The van der Waals surface area contributed by atoms with Crippen LogP contribution in [-0.4, -0.2) is 91.4 Å². The van der Waals surface area contributed by atoms with Crippen LogP contribution in [0.2, 0.25) is 18.1 Å². The SMILES string of the molecule is CC(C)C[C@@](N)(C(=O)c1cc2ccccc2s1)C(=O)N1CCN(C[C@](CO[Si](C)(C)C(C)(C)C)(NC(=O)O)C(C)(C)C)CC1. The fourth-order valence-electron chi connectivity index (χ4n) is 5.49. The largest absolute Gasteiger partial charge is 0.465 e. The predicted octanol–water partition coefficient (Wildman–Crippen LogP) is 6.05. The number of ketones is 1. The molecule has 0 unspecified atom stereocenters. The number of carboxylic acid groups (broad SMARTS) is 1. The van der Waals surface area contributed by atoms with Gasteiger partial charge in [-0.05, 0) is 53.4 Å². The van der Waals surface area contributed by atoms with Crippen molar-refractivity contribution in [2.24, 2.45) is 17.1 Å². The van der Waals surface area contributed by atoms with Crippen LogP contribution in [0.3, 0.4) is 0 Å². The first-order valence-corrected chi connectivity index (χ1v) is 19.3. The molecule has 2 heterocycles. The highest BCUT2D eigenvalue weighted by Crippen LogP contribution is 2.40. The van der Waals surface area contributed by atoms with Gasteiger partial charge in [0, 0.05) is 37.4 Å². The Morgan fingerprint density at radius 1 is 1.05 bits per heavy atom. The summed E-state index contributed by atoms with van der Waals surface area (Å²) in [5, 5.41) is 13.7. The number of nitrogens with one attached hydrogen (secondary N) is 1. The van der Waals surface area contributed by atoms with Crippen molar-refractivity contribution in [3.63, 3.8) is 0 Å². The Hall–Kier alpha value is -2.31. The molecule has 2 aromatic rings. The molecule has 3 rings (SSSR count). The first kappa shape index (κ1) is 36.2. The summed E-state index contributed by atoms with van der Waals surface area (Å²) in [7, 11) is -2.17. The zero-order valence-corrected chi connectivity index (χ0v) is 30.2. The Labute approximate surface area is 268 Å². The lowest BCUT2D eigenvalue weighted by Crippen LogP contribution is -2.68. The second kappa shape index (κ2) is 13.2. The van der Waals surface area contributed by atoms with Crippen LogP contribution in [0.5, 0.6) is 0 Å². The quantitative estimate of drug-likeness (QED) is 0.154. The lowest BCUT2D eigenvalue weighted by molar-refractivity contribution is -0.137. The predicted molar refractivity (Wildman–Crippen MR) is 182 cm³/mol. The molecule has 0 spiro atoms. The van der Waals surface area contributed by atoms with Gasteiger partial charge in [0.15, 0.2) is 13.9 Å². The molecule has 0 bridgehead atoms. The van der Waals surface area contributed by atoms with E-state index in [9.17, 15) is 19.5 Å². The van der Waals surface area contributed by atoms with Crippen LogP contribution in [0.4, 0.5) is 4.79 Å².